The zero-order valence-corrected chi connectivity index (χ0v) is 11.5. The molecule has 1 aromatic heterocycles. The fourth-order valence-corrected chi connectivity index (χ4v) is 2.08. The lowest BCUT2D eigenvalue weighted by atomic mass is 10.1. The maximum atomic E-state index is 10.9. The van der Waals surface area contributed by atoms with Crippen LogP contribution >= 0.6 is 0 Å². The molecule has 20 heavy (non-hydrogen) atoms. The average molecular weight is 273 g/mol. The van der Waals surface area contributed by atoms with Gasteiger partial charge in [0, 0.05) is 31.2 Å². The second kappa shape index (κ2) is 6.75. The largest absolute Gasteiger partial charge is 0.478 e. The molecule has 0 aliphatic heterocycles. The topological polar surface area (TPSA) is 67.2 Å². The molecule has 0 fully saturated rings. The van der Waals surface area contributed by atoms with Gasteiger partial charge in [-0.2, -0.15) is 0 Å². The summed E-state index contributed by atoms with van der Waals surface area (Å²) < 4.78 is 2.06. The Labute approximate surface area is 118 Å². The van der Waals surface area contributed by atoms with Crippen molar-refractivity contribution in [3.05, 3.63) is 48.0 Å². The first-order valence-corrected chi connectivity index (χ1v) is 6.70. The maximum absolute atomic E-state index is 10.9. The molecule has 2 rings (SSSR count). The van der Waals surface area contributed by atoms with Crippen LogP contribution < -0.4 is 5.32 Å². The van der Waals surface area contributed by atoms with E-state index in [-0.39, 0.29) is 0 Å². The molecule has 0 aliphatic rings. The van der Waals surface area contributed by atoms with Crippen molar-refractivity contribution in [1.82, 2.24) is 9.55 Å². The molecule has 0 amide bonds. The molecule has 106 valence electrons. The summed E-state index contributed by atoms with van der Waals surface area (Å²) in [5.74, 6) is -0.880. The molecule has 0 atom stereocenters. The van der Waals surface area contributed by atoms with Gasteiger partial charge in [-0.25, -0.2) is 9.78 Å². The molecule has 0 spiro atoms. The monoisotopic (exact) mass is 273 g/mol. The first-order chi connectivity index (χ1) is 9.66. The van der Waals surface area contributed by atoms with Crippen LogP contribution in [-0.2, 0) is 6.54 Å². The van der Waals surface area contributed by atoms with E-state index in [0.717, 1.165) is 37.2 Å². The Morgan fingerprint density at radius 2 is 2.25 bits per heavy atom. The van der Waals surface area contributed by atoms with Crippen LogP contribution in [-0.4, -0.2) is 27.2 Å². The number of nitrogens with zero attached hydrogens (tertiary/aromatic N) is 2. The van der Waals surface area contributed by atoms with E-state index in [2.05, 4.69) is 14.9 Å². The van der Waals surface area contributed by atoms with Crippen molar-refractivity contribution < 1.29 is 9.90 Å². The van der Waals surface area contributed by atoms with Crippen LogP contribution in [0.15, 0.2) is 36.9 Å². The van der Waals surface area contributed by atoms with Gasteiger partial charge >= 0.3 is 5.97 Å². The minimum absolute atomic E-state index is 0.357. The number of hydrogen-bond acceptors (Lipinski definition) is 3. The Bertz CT molecular complexity index is 565. The number of carboxylic acid groups (broad SMARTS) is 1. The minimum Gasteiger partial charge on any atom is -0.478 e. The quantitative estimate of drug-likeness (QED) is 0.761. The van der Waals surface area contributed by atoms with E-state index in [1.165, 1.54) is 0 Å². The van der Waals surface area contributed by atoms with E-state index in [1.807, 2.05) is 31.6 Å². The third-order valence-corrected chi connectivity index (χ3v) is 3.19. The van der Waals surface area contributed by atoms with Gasteiger partial charge in [-0.15, -0.1) is 0 Å². The molecule has 1 aromatic carbocycles. The van der Waals surface area contributed by atoms with E-state index < -0.39 is 5.97 Å². The Morgan fingerprint density at radius 3 is 2.90 bits per heavy atom. The number of aromatic nitrogens is 2. The summed E-state index contributed by atoms with van der Waals surface area (Å²) in [4.78, 5) is 14.9. The molecule has 0 saturated heterocycles. The van der Waals surface area contributed by atoms with Crippen molar-refractivity contribution in [2.45, 2.75) is 26.3 Å². The summed E-state index contributed by atoms with van der Waals surface area (Å²) in [6.45, 7) is 3.66. The lowest BCUT2D eigenvalue weighted by molar-refractivity contribution is 0.0696. The second-order valence-electron chi connectivity index (χ2n) is 4.77. The minimum atomic E-state index is -0.880. The first-order valence-electron chi connectivity index (χ1n) is 6.70. The predicted molar refractivity (Wildman–Crippen MR) is 78.1 cm³/mol. The van der Waals surface area contributed by atoms with Crippen molar-refractivity contribution in [3.8, 4) is 0 Å². The number of hydrogen-bond donors (Lipinski definition) is 2. The molecular formula is C15H19N3O2. The number of rotatable bonds is 7. The van der Waals surface area contributed by atoms with Crippen LogP contribution in [0, 0.1) is 6.92 Å². The van der Waals surface area contributed by atoms with Crippen molar-refractivity contribution in [2.24, 2.45) is 0 Å². The van der Waals surface area contributed by atoms with Gasteiger partial charge in [-0.05, 0) is 43.5 Å². The number of benzene rings is 1. The van der Waals surface area contributed by atoms with E-state index in [9.17, 15) is 4.79 Å². The van der Waals surface area contributed by atoms with Gasteiger partial charge < -0.3 is 15.0 Å². The average Bonchev–Trinajstić information content (AvgIpc) is 2.91. The zero-order chi connectivity index (χ0) is 14.4. The van der Waals surface area contributed by atoms with Crippen LogP contribution in [0.5, 0.6) is 0 Å². The molecule has 0 saturated carbocycles. The van der Waals surface area contributed by atoms with Crippen molar-refractivity contribution in [3.63, 3.8) is 0 Å². The van der Waals surface area contributed by atoms with Gasteiger partial charge in [0.25, 0.3) is 0 Å². The maximum Gasteiger partial charge on any atom is 0.335 e. The summed E-state index contributed by atoms with van der Waals surface area (Å²) in [7, 11) is 0. The lowest BCUT2D eigenvalue weighted by Crippen LogP contribution is -2.05. The number of aryl methyl sites for hydroxylation is 2. The molecule has 0 radical (unpaired) electrons. The standard InChI is InChI=1S/C15H19N3O2/c1-12-10-13(4-5-14(12)15(19)20)17-6-2-3-8-18-9-7-16-11-18/h4-5,7,9-11,17H,2-3,6,8H2,1H3,(H,19,20). The Balaban J connectivity index is 1.74. The van der Waals surface area contributed by atoms with E-state index in [1.54, 1.807) is 12.3 Å². The van der Waals surface area contributed by atoms with Gasteiger partial charge in [-0.1, -0.05) is 0 Å². The summed E-state index contributed by atoms with van der Waals surface area (Å²) in [5, 5.41) is 12.3. The zero-order valence-electron chi connectivity index (χ0n) is 11.5. The number of anilines is 1. The highest BCUT2D eigenvalue weighted by Crippen LogP contribution is 2.15. The van der Waals surface area contributed by atoms with Gasteiger partial charge in [0.2, 0.25) is 0 Å². The van der Waals surface area contributed by atoms with Crippen LogP contribution in [0.25, 0.3) is 0 Å². The third-order valence-electron chi connectivity index (χ3n) is 3.19. The summed E-state index contributed by atoms with van der Waals surface area (Å²) in [6, 6.07) is 5.33. The second-order valence-corrected chi connectivity index (χ2v) is 4.77. The predicted octanol–water partition coefficient (Wildman–Crippen LogP) is 2.78. The molecule has 0 bridgehead atoms. The number of unbranched alkanes of at least 4 members (excludes halogenated alkanes) is 1. The highest BCUT2D eigenvalue weighted by molar-refractivity contribution is 5.89. The Hall–Kier alpha value is -2.30. The van der Waals surface area contributed by atoms with Crippen molar-refractivity contribution >= 4 is 11.7 Å². The molecule has 5 nitrogen and oxygen atoms in total. The highest BCUT2D eigenvalue weighted by Gasteiger charge is 2.06. The van der Waals surface area contributed by atoms with Crippen molar-refractivity contribution in [2.75, 3.05) is 11.9 Å². The fourth-order valence-electron chi connectivity index (χ4n) is 2.08. The van der Waals surface area contributed by atoms with Crippen LogP contribution in [0.4, 0.5) is 5.69 Å². The number of carboxylic acids is 1. The summed E-state index contributed by atoms with van der Waals surface area (Å²) in [5.41, 5.74) is 2.10. The van der Waals surface area contributed by atoms with Crippen molar-refractivity contribution in [1.29, 1.82) is 0 Å². The van der Waals surface area contributed by atoms with E-state index >= 15 is 0 Å². The number of aromatic carboxylic acids is 1. The smallest absolute Gasteiger partial charge is 0.335 e. The molecule has 0 aliphatic carbocycles. The van der Waals surface area contributed by atoms with E-state index in [0.29, 0.717) is 5.56 Å². The van der Waals surface area contributed by atoms with Gasteiger partial charge in [0.15, 0.2) is 0 Å². The third kappa shape index (κ3) is 3.85. The van der Waals surface area contributed by atoms with Crippen LogP contribution in [0.3, 0.4) is 0 Å². The molecule has 2 aromatic rings. The van der Waals surface area contributed by atoms with Crippen LogP contribution in [0.1, 0.15) is 28.8 Å². The Kier molecular flexibility index (Phi) is 4.76. The normalized spacial score (nSPS) is 10.4. The van der Waals surface area contributed by atoms with Gasteiger partial charge in [-0.3, -0.25) is 0 Å². The SMILES string of the molecule is Cc1cc(NCCCCn2ccnc2)ccc1C(=O)O. The molecule has 2 N–H and O–H groups in total. The molecule has 5 heteroatoms. The Morgan fingerprint density at radius 1 is 1.40 bits per heavy atom. The van der Waals surface area contributed by atoms with Gasteiger partial charge in [0.05, 0.1) is 11.9 Å². The molecular weight excluding hydrogens is 254 g/mol. The summed E-state index contributed by atoms with van der Waals surface area (Å²) in [6.07, 6.45) is 7.70. The number of imidazole rings is 1. The highest BCUT2D eigenvalue weighted by atomic mass is 16.4. The number of nitrogens with one attached hydrogen (secondary N) is 1. The first kappa shape index (κ1) is 14.1. The lowest BCUT2D eigenvalue weighted by Gasteiger charge is -2.09. The van der Waals surface area contributed by atoms with Crippen LogP contribution in [0.2, 0.25) is 0 Å². The van der Waals surface area contributed by atoms with Gasteiger partial charge in [0.1, 0.15) is 0 Å². The van der Waals surface area contributed by atoms with E-state index in [4.69, 9.17) is 5.11 Å². The molecule has 0 unspecified atom stereocenters. The molecule has 1 heterocycles. The number of carbonyl (C=O) groups is 1. The fraction of sp³-hybridized carbons (Fsp3) is 0.333. The summed E-state index contributed by atoms with van der Waals surface area (Å²) >= 11 is 0.